The molecule has 0 N–H and O–H groups in total. The molecule has 0 bridgehead atoms. The Bertz CT molecular complexity index is 138. The first-order valence-corrected chi connectivity index (χ1v) is 2.58. The van der Waals surface area contributed by atoms with Crippen molar-refractivity contribution in [1.82, 2.24) is 0 Å². The molecule has 0 aliphatic rings. The van der Waals surface area contributed by atoms with E-state index in [1.165, 1.54) is 0 Å². The van der Waals surface area contributed by atoms with Crippen LogP contribution in [0.2, 0.25) is 0 Å². The van der Waals surface area contributed by atoms with Crippen molar-refractivity contribution in [2.45, 2.75) is 4.90 Å². The van der Waals surface area contributed by atoms with Gasteiger partial charge in [0.1, 0.15) is 0 Å². The van der Waals surface area contributed by atoms with Crippen LogP contribution >= 0.6 is 12.6 Å². The van der Waals surface area contributed by atoms with Gasteiger partial charge < -0.3 is 0 Å². The van der Waals surface area contributed by atoms with Crippen LogP contribution < -0.4 is 0 Å². The minimum atomic E-state index is 0. The van der Waals surface area contributed by atoms with E-state index in [2.05, 4.69) is 12.6 Å². The number of rotatable bonds is 0. The maximum absolute atomic E-state index is 4.08. The molecule has 1 rings (SSSR count). The Morgan fingerprint density at radius 2 is 1.50 bits per heavy atom. The van der Waals surface area contributed by atoms with Crippen LogP contribution in [0, 0.1) is 0 Å². The first-order valence-electron chi connectivity index (χ1n) is 2.13. The summed E-state index contributed by atoms with van der Waals surface area (Å²) in [6, 6.07) is 9.79. The number of hydrogen-bond acceptors (Lipinski definition) is 1. The van der Waals surface area contributed by atoms with E-state index < -0.39 is 0 Å². The van der Waals surface area contributed by atoms with Crippen LogP contribution in [0.4, 0.5) is 0 Å². The SMILES string of the molecule is Sc1ccccc1.[SrH2]. The molecule has 40 valence electrons. The molecule has 0 aliphatic heterocycles. The van der Waals surface area contributed by atoms with Gasteiger partial charge in [0.2, 0.25) is 0 Å². The van der Waals surface area contributed by atoms with Crippen molar-refractivity contribution in [1.29, 1.82) is 0 Å². The predicted octanol–water partition coefficient (Wildman–Crippen LogP) is 1.06. The summed E-state index contributed by atoms with van der Waals surface area (Å²) in [5.74, 6) is 0. The molecule has 0 radical (unpaired) electrons. The van der Waals surface area contributed by atoms with Gasteiger partial charge in [0.25, 0.3) is 0 Å². The zero-order valence-corrected chi connectivity index (χ0v) is 4.73. The third-order valence-electron chi connectivity index (χ3n) is 0.756. The van der Waals surface area contributed by atoms with Crippen LogP contribution in [0.15, 0.2) is 35.2 Å². The Morgan fingerprint density at radius 1 is 1.00 bits per heavy atom. The monoisotopic (exact) mass is 200 g/mol. The summed E-state index contributed by atoms with van der Waals surface area (Å²) in [6.45, 7) is 0. The third kappa shape index (κ3) is 3.15. The van der Waals surface area contributed by atoms with Crippen LogP contribution in [0.5, 0.6) is 0 Å². The van der Waals surface area contributed by atoms with Gasteiger partial charge in [-0.3, -0.25) is 0 Å². The molecular weight excluding hydrogens is 192 g/mol. The second kappa shape index (κ2) is 4.89. The Kier molecular flexibility index (Phi) is 5.53. The van der Waals surface area contributed by atoms with Crippen molar-refractivity contribution in [3.05, 3.63) is 30.3 Å². The van der Waals surface area contributed by atoms with E-state index in [0.717, 1.165) is 4.90 Å². The number of hydrogen-bond donors (Lipinski definition) is 1. The molecule has 0 spiro atoms. The normalized spacial score (nSPS) is 7.62. The zero-order valence-electron chi connectivity index (χ0n) is 3.83. The first kappa shape index (κ1) is 9.05. The summed E-state index contributed by atoms with van der Waals surface area (Å²) >= 11 is 4.08. The average Bonchev–Trinajstić information content (AvgIpc) is 1.69. The Hall–Kier alpha value is 1.05. The first-order chi connectivity index (χ1) is 3.39. The molecule has 0 unspecified atom stereocenters. The van der Waals surface area contributed by atoms with Gasteiger partial charge in [-0.1, -0.05) is 18.2 Å². The Labute approximate surface area is 92.0 Å². The molecule has 8 heavy (non-hydrogen) atoms. The van der Waals surface area contributed by atoms with Crippen LogP contribution in [0.1, 0.15) is 0 Å². The molecule has 1 aromatic carbocycles. The minimum absolute atomic E-state index is 0. The second-order valence-corrected chi connectivity index (χ2v) is 1.85. The van der Waals surface area contributed by atoms with Gasteiger partial charge in [-0.05, 0) is 12.1 Å². The van der Waals surface area contributed by atoms with E-state index in [-0.39, 0.29) is 45.5 Å². The summed E-state index contributed by atoms with van der Waals surface area (Å²) in [5.41, 5.74) is 0. The quantitative estimate of drug-likeness (QED) is 0.469. The summed E-state index contributed by atoms with van der Waals surface area (Å²) < 4.78 is 0. The number of benzene rings is 1. The van der Waals surface area contributed by atoms with Crippen molar-refractivity contribution in [2.24, 2.45) is 0 Å². The van der Waals surface area contributed by atoms with E-state index in [0.29, 0.717) is 0 Å². The molecule has 0 fully saturated rings. The van der Waals surface area contributed by atoms with Crippen molar-refractivity contribution in [2.75, 3.05) is 0 Å². The summed E-state index contributed by atoms with van der Waals surface area (Å²) in [5, 5.41) is 0. The molecule has 0 aliphatic carbocycles. The fraction of sp³-hybridized carbons (Fsp3) is 0. The standard InChI is InChI=1S/C6H6S.Sr.2H/c7-6-4-2-1-3-5-6;;;/h1-5,7H;;;. The van der Waals surface area contributed by atoms with Crippen LogP contribution in [-0.2, 0) is 0 Å². The van der Waals surface area contributed by atoms with Gasteiger partial charge in [-0.25, -0.2) is 0 Å². The van der Waals surface area contributed by atoms with Gasteiger partial charge in [0.15, 0.2) is 0 Å². The molecule has 0 aromatic heterocycles. The fourth-order valence-corrected chi connectivity index (χ4v) is 0.600. The summed E-state index contributed by atoms with van der Waals surface area (Å²) in [7, 11) is 0. The van der Waals surface area contributed by atoms with Crippen molar-refractivity contribution in [3.63, 3.8) is 0 Å². The van der Waals surface area contributed by atoms with Gasteiger partial charge >= 0.3 is 45.5 Å². The van der Waals surface area contributed by atoms with Crippen molar-refractivity contribution in [3.8, 4) is 0 Å². The molecule has 1 aromatic rings. The molecule has 0 saturated heterocycles. The van der Waals surface area contributed by atoms with E-state index >= 15 is 0 Å². The van der Waals surface area contributed by atoms with Gasteiger partial charge in [-0.2, -0.15) is 0 Å². The Balaban J connectivity index is 0.000000490. The third-order valence-corrected chi connectivity index (χ3v) is 1.05. The average molecular weight is 200 g/mol. The molecule has 0 atom stereocenters. The molecule has 2 heteroatoms. The fourth-order valence-electron chi connectivity index (χ4n) is 0.428. The van der Waals surface area contributed by atoms with Crippen molar-refractivity contribution < 1.29 is 0 Å². The van der Waals surface area contributed by atoms with E-state index in [1.807, 2.05) is 30.3 Å². The summed E-state index contributed by atoms with van der Waals surface area (Å²) in [6.07, 6.45) is 0. The van der Waals surface area contributed by atoms with E-state index in [1.54, 1.807) is 0 Å². The summed E-state index contributed by atoms with van der Waals surface area (Å²) in [4.78, 5) is 1.02. The maximum atomic E-state index is 4.08. The van der Waals surface area contributed by atoms with Crippen LogP contribution in [0.3, 0.4) is 0 Å². The Morgan fingerprint density at radius 3 is 1.75 bits per heavy atom. The second-order valence-electron chi connectivity index (χ2n) is 1.34. The molecular formula is C6H8SSr. The van der Waals surface area contributed by atoms with Crippen LogP contribution in [-0.4, -0.2) is 45.5 Å². The van der Waals surface area contributed by atoms with Crippen LogP contribution in [0.25, 0.3) is 0 Å². The van der Waals surface area contributed by atoms with E-state index in [9.17, 15) is 0 Å². The molecule has 0 amide bonds. The predicted molar refractivity (Wildman–Crippen MR) is 42.2 cm³/mol. The van der Waals surface area contributed by atoms with Crippen molar-refractivity contribution >= 4 is 58.1 Å². The van der Waals surface area contributed by atoms with Gasteiger partial charge in [0.05, 0.1) is 0 Å². The van der Waals surface area contributed by atoms with Gasteiger partial charge in [-0.15, -0.1) is 12.6 Å². The topological polar surface area (TPSA) is 0 Å². The zero-order chi connectivity index (χ0) is 5.11. The molecule has 0 heterocycles. The molecule has 0 nitrogen and oxygen atoms in total. The van der Waals surface area contributed by atoms with E-state index in [4.69, 9.17) is 0 Å². The number of thiol groups is 1. The molecule has 0 saturated carbocycles. The van der Waals surface area contributed by atoms with Gasteiger partial charge in [0, 0.05) is 4.90 Å².